The van der Waals surface area contributed by atoms with Crippen LogP contribution in [-0.4, -0.2) is 66.8 Å². The third-order valence-electron chi connectivity index (χ3n) is 7.35. The highest BCUT2D eigenvalue weighted by Gasteiger charge is 2.21. The van der Waals surface area contributed by atoms with Crippen LogP contribution in [0.2, 0.25) is 0 Å². The van der Waals surface area contributed by atoms with Crippen molar-refractivity contribution in [3.05, 3.63) is 78.2 Å². The van der Waals surface area contributed by atoms with Gasteiger partial charge in [0.2, 0.25) is 0 Å². The fourth-order valence-corrected chi connectivity index (χ4v) is 5.38. The zero-order valence-corrected chi connectivity index (χ0v) is 21.5. The molecule has 0 radical (unpaired) electrons. The van der Waals surface area contributed by atoms with Crippen molar-refractivity contribution >= 4 is 28.5 Å². The molecular formula is C29H31N7O2. The Morgan fingerprint density at radius 2 is 1.84 bits per heavy atom. The number of likely N-dealkylation sites (tertiary alicyclic amines) is 1. The van der Waals surface area contributed by atoms with Crippen molar-refractivity contribution in [2.75, 3.05) is 31.6 Å². The molecule has 38 heavy (non-hydrogen) atoms. The number of aromatic nitrogens is 5. The summed E-state index contributed by atoms with van der Waals surface area (Å²) in [5.74, 6) is -0.286. The highest BCUT2D eigenvalue weighted by atomic mass is 16.4. The van der Waals surface area contributed by atoms with Crippen LogP contribution in [0.4, 0.5) is 5.82 Å². The molecule has 1 fully saturated rings. The summed E-state index contributed by atoms with van der Waals surface area (Å²) in [6.45, 7) is 4.75. The van der Waals surface area contributed by atoms with E-state index in [0.29, 0.717) is 17.9 Å². The van der Waals surface area contributed by atoms with Gasteiger partial charge < -0.3 is 19.5 Å². The zero-order chi connectivity index (χ0) is 26.1. The molecule has 9 nitrogen and oxygen atoms in total. The molecule has 6 rings (SSSR count). The SMILES string of the molecule is CN(Cc1ccccc1)c1cc(-c2cn(CCN3CCCCC3)c3ncccc23)nc2c(C(=O)O)cnn12. The maximum absolute atomic E-state index is 12.0. The molecule has 0 saturated carbocycles. The maximum atomic E-state index is 12.0. The summed E-state index contributed by atoms with van der Waals surface area (Å²) in [6.07, 6.45) is 9.14. The molecule has 9 heteroatoms. The van der Waals surface area contributed by atoms with Crippen LogP contribution in [0.1, 0.15) is 35.2 Å². The average molecular weight is 510 g/mol. The van der Waals surface area contributed by atoms with Crippen LogP contribution in [-0.2, 0) is 13.1 Å². The van der Waals surface area contributed by atoms with E-state index in [2.05, 4.69) is 43.9 Å². The van der Waals surface area contributed by atoms with Gasteiger partial charge in [-0.2, -0.15) is 9.61 Å². The van der Waals surface area contributed by atoms with Crippen molar-refractivity contribution in [2.24, 2.45) is 0 Å². The summed E-state index contributed by atoms with van der Waals surface area (Å²) in [6, 6.07) is 16.1. The summed E-state index contributed by atoms with van der Waals surface area (Å²) in [5, 5.41) is 15.2. The minimum Gasteiger partial charge on any atom is -0.477 e. The van der Waals surface area contributed by atoms with Crippen LogP contribution in [0, 0.1) is 0 Å². The minimum absolute atomic E-state index is 0.0770. The van der Waals surface area contributed by atoms with Gasteiger partial charge in [-0.1, -0.05) is 36.8 Å². The lowest BCUT2D eigenvalue weighted by Crippen LogP contribution is -2.32. The van der Waals surface area contributed by atoms with E-state index in [0.717, 1.165) is 54.2 Å². The first-order valence-corrected chi connectivity index (χ1v) is 13.1. The molecule has 0 atom stereocenters. The third-order valence-corrected chi connectivity index (χ3v) is 7.35. The number of aromatic carboxylic acids is 1. The van der Waals surface area contributed by atoms with Crippen LogP contribution in [0.25, 0.3) is 27.9 Å². The highest BCUT2D eigenvalue weighted by Crippen LogP contribution is 2.32. The number of pyridine rings is 1. The van der Waals surface area contributed by atoms with Gasteiger partial charge in [-0.3, -0.25) is 0 Å². The van der Waals surface area contributed by atoms with Crippen molar-refractivity contribution in [2.45, 2.75) is 32.4 Å². The molecule has 1 N–H and O–H groups in total. The highest BCUT2D eigenvalue weighted by molar-refractivity contribution is 5.97. The van der Waals surface area contributed by atoms with Gasteiger partial charge in [-0.25, -0.2) is 14.8 Å². The second-order valence-corrected chi connectivity index (χ2v) is 9.95. The first kappa shape index (κ1) is 24.1. The lowest BCUT2D eigenvalue weighted by molar-refractivity contribution is 0.0698. The van der Waals surface area contributed by atoms with Gasteiger partial charge in [-0.15, -0.1) is 0 Å². The summed E-state index contributed by atoms with van der Waals surface area (Å²) >= 11 is 0. The molecule has 194 valence electrons. The molecule has 1 aliphatic rings. The van der Waals surface area contributed by atoms with Gasteiger partial charge in [0.1, 0.15) is 17.0 Å². The largest absolute Gasteiger partial charge is 0.477 e. The molecule has 5 heterocycles. The van der Waals surface area contributed by atoms with Crippen molar-refractivity contribution in [3.63, 3.8) is 0 Å². The fourth-order valence-electron chi connectivity index (χ4n) is 5.38. The van der Waals surface area contributed by atoms with Gasteiger partial charge in [0.25, 0.3) is 0 Å². The number of nitrogens with zero attached hydrogens (tertiary/aromatic N) is 7. The monoisotopic (exact) mass is 509 g/mol. The van der Waals surface area contributed by atoms with E-state index in [1.807, 2.05) is 43.6 Å². The Bertz CT molecular complexity index is 1590. The van der Waals surface area contributed by atoms with E-state index in [1.54, 1.807) is 4.52 Å². The first-order valence-electron chi connectivity index (χ1n) is 13.1. The normalized spacial score (nSPS) is 14.3. The summed E-state index contributed by atoms with van der Waals surface area (Å²) in [4.78, 5) is 26.1. The van der Waals surface area contributed by atoms with Crippen molar-refractivity contribution in [1.29, 1.82) is 0 Å². The minimum atomic E-state index is -1.05. The van der Waals surface area contributed by atoms with Crippen LogP contribution in [0.5, 0.6) is 0 Å². The molecule has 5 aromatic rings. The van der Waals surface area contributed by atoms with Crippen molar-refractivity contribution < 1.29 is 9.90 Å². The Balaban J connectivity index is 1.44. The summed E-state index contributed by atoms with van der Waals surface area (Å²) in [7, 11) is 1.98. The smallest absolute Gasteiger partial charge is 0.341 e. The standard InChI is InChI=1S/C29H31N7O2/c1-33(19-21-9-4-2-5-10-21)26-17-25(32-28-23(29(37)38)18-31-36(26)28)24-20-35(27-22(24)11-8-12-30-27)16-15-34-13-6-3-7-14-34/h2,4-5,8-12,17-18,20H,3,6-7,13-16,19H2,1H3,(H,37,38). The Morgan fingerprint density at radius 3 is 2.63 bits per heavy atom. The quantitative estimate of drug-likeness (QED) is 0.328. The number of anilines is 1. The van der Waals surface area contributed by atoms with Crippen molar-refractivity contribution in [1.82, 2.24) is 29.0 Å². The molecule has 1 saturated heterocycles. The van der Waals surface area contributed by atoms with E-state index in [-0.39, 0.29) is 5.56 Å². The predicted octanol–water partition coefficient (Wildman–Crippen LogP) is 4.57. The molecule has 0 aliphatic carbocycles. The van der Waals surface area contributed by atoms with Crippen molar-refractivity contribution in [3.8, 4) is 11.3 Å². The number of piperidine rings is 1. The summed E-state index contributed by atoms with van der Waals surface area (Å²) in [5.41, 5.74) is 4.08. The number of benzene rings is 1. The van der Waals surface area contributed by atoms with Gasteiger partial charge in [0, 0.05) is 56.1 Å². The summed E-state index contributed by atoms with van der Waals surface area (Å²) < 4.78 is 3.82. The lowest BCUT2D eigenvalue weighted by atomic mass is 10.1. The number of fused-ring (bicyclic) bond motifs is 2. The number of hydrogen-bond donors (Lipinski definition) is 1. The van der Waals surface area contributed by atoms with Crippen LogP contribution in [0.3, 0.4) is 0 Å². The molecule has 4 aromatic heterocycles. The number of carboxylic acid groups (broad SMARTS) is 1. The molecule has 0 bridgehead atoms. The van der Waals surface area contributed by atoms with E-state index in [4.69, 9.17) is 9.97 Å². The van der Waals surface area contributed by atoms with Gasteiger partial charge in [-0.05, 0) is 43.6 Å². The van der Waals surface area contributed by atoms with Gasteiger partial charge in [0.15, 0.2) is 5.65 Å². The Morgan fingerprint density at radius 1 is 1.03 bits per heavy atom. The predicted molar refractivity (Wildman–Crippen MR) is 148 cm³/mol. The van der Waals surface area contributed by atoms with E-state index in [9.17, 15) is 9.90 Å². The number of carboxylic acids is 1. The topological polar surface area (TPSA) is 91.8 Å². The van der Waals surface area contributed by atoms with Gasteiger partial charge in [0.05, 0.1) is 11.9 Å². The fraction of sp³-hybridized carbons (Fsp3) is 0.310. The van der Waals surface area contributed by atoms with Crippen LogP contribution >= 0.6 is 0 Å². The molecule has 0 unspecified atom stereocenters. The maximum Gasteiger partial charge on any atom is 0.341 e. The molecule has 1 aromatic carbocycles. The molecular weight excluding hydrogens is 478 g/mol. The Hall–Kier alpha value is -4.24. The molecule has 0 spiro atoms. The molecule has 1 aliphatic heterocycles. The van der Waals surface area contributed by atoms with E-state index >= 15 is 0 Å². The molecule has 0 amide bonds. The van der Waals surface area contributed by atoms with Crippen LogP contribution < -0.4 is 4.90 Å². The Kier molecular flexibility index (Phi) is 6.51. The average Bonchev–Trinajstić information content (AvgIpc) is 3.54. The van der Waals surface area contributed by atoms with E-state index in [1.165, 1.54) is 25.5 Å². The van der Waals surface area contributed by atoms with Gasteiger partial charge >= 0.3 is 5.97 Å². The van der Waals surface area contributed by atoms with E-state index < -0.39 is 5.97 Å². The third kappa shape index (κ3) is 4.61. The first-order chi connectivity index (χ1) is 18.6. The number of rotatable bonds is 8. The Labute approximate surface area is 221 Å². The second-order valence-electron chi connectivity index (χ2n) is 9.95. The zero-order valence-electron chi connectivity index (χ0n) is 21.5. The number of carbonyl (C=O) groups is 1. The lowest BCUT2D eigenvalue weighted by Gasteiger charge is -2.26. The number of hydrogen-bond acceptors (Lipinski definition) is 6. The second kappa shape index (κ2) is 10.3. The van der Waals surface area contributed by atoms with Crippen LogP contribution in [0.15, 0.2) is 67.1 Å².